The molecule has 1 aliphatic heterocycles. The SMILES string of the molecule is Cc1cn2nc(N[C@H]3CCN(C(=O)c4oc(C)nc4C)C3)ccc2n1. The van der Waals surface area contributed by atoms with Gasteiger partial charge in [0.1, 0.15) is 5.82 Å². The number of hydrogen-bond acceptors (Lipinski definition) is 6. The number of oxazole rings is 1. The minimum absolute atomic E-state index is 0.101. The molecule has 8 nitrogen and oxygen atoms in total. The van der Waals surface area contributed by atoms with Gasteiger partial charge in [0.05, 0.1) is 17.6 Å². The maximum absolute atomic E-state index is 12.6. The van der Waals surface area contributed by atoms with Gasteiger partial charge in [-0.15, -0.1) is 5.10 Å². The Balaban J connectivity index is 1.44. The lowest BCUT2D eigenvalue weighted by molar-refractivity contribution is 0.0757. The van der Waals surface area contributed by atoms with E-state index in [2.05, 4.69) is 20.4 Å². The highest BCUT2D eigenvalue weighted by Gasteiger charge is 2.30. The number of aromatic nitrogens is 4. The third-order valence-electron chi connectivity index (χ3n) is 4.37. The van der Waals surface area contributed by atoms with Crippen LogP contribution in [0.3, 0.4) is 0 Å². The molecule has 0 bridgehead atoms. The van der Waals surface area contributed by atoms with Gasteiger partial charge in [-0.1, -0.05) is 0 Å². The molecule has 0 unspecified atom stereocenters. The van der Waals surface area contributed by atoms with Crippen molar-refractivity contribution in [3.63, 3.8) is 0 Å². The van der Waals surface area contributed by atoms with Crippen molar-refractivity contribution in [2.24, 2.45) is 0 Å². The van der Waals surface area contributed by atoms with Crippen molar-refractivity contribution in [2.75, 3.05) is 18.4 Å². The molecule has 0 aromatic carbocycles. The summed E-state index contributed by atoms with van der Waals surface area (Å²) in [5.41, 5.74) is 2.39. The van der Waals surface area contributed by atoms with Crippen molar-refractivity contribution in [3.8, 4) is 0 Å². The number of aryl methyl sites for hydroxylation is 3. The smallest absolute Gasteiger partial charge is 0.291 e. The van der Waals surface area contributed by atoms with Crippen LogP contribution in [0.2, 0.25) is 0 Å². The van der Waals surface area contributed by atoms with Gasteiger partial charge in [0.15, 0.2) is 11.5 Å². The molecule has 0 spiro atoms. The normalized spacial score (nSPS) is 17.4. The van der Waals surface area contributed by atoms with Gasteiger partial charge < -0.3 is 14.6 Å². The van der Waals surface area contributed by atoms with E-state index in [-0.39, 0.29) is 11.9 Å². The van der Waals surface area contributed by atoms with Crippen molar-refractivity contribution < 1.29 is 9.21 Å². The number of likely N-dealkylation sites (tertiary alicyclic amines) is 1. The third-order valence-corrected chi connectivity index (χ3v) is 4.37. The standard InChI is InChI=1S/C17H20N6O2/c1-10-8-23-15(18-10)5-4-14(21-23)20-13-6-7-22(9-13)17(24)16-11(2)19-12(3)25-16/h4-5,8,13H,6-7,9H2,1-3H3,(H,20,21)/t13-/m0/s1. The summed E-state index contributed by atoms with van der Waals surface area (Å²) in [6.07, 6.45) is 2.75. The largest absolute Gasteiger partial charge is 0.436 e. The van der Waals surface area contributed by atoms with E-state index in [0.717, 1.165) is 23.6 Å². The highest BCUT2D eigenvalue weighted by Crippen LogP contribution is 2.19. The molecule has 1 N–H and O–H groups in total. The van der Waals surface area contributed by atoms with Crippen molar-refractivity contribution in [1.29, 1.82) is 0 Å². The van der Waals surface area contributed by atoms with Crippen LogP contribution in [-0.2, 0) is 0 Å². The summed E-state index contributed by atoms with van der Waals surface area (Å²) in [6, 6.07) is 4.00. The molecular formula is C17H20N6O2. The predicted octanol–water partition coefficient (Wildman–Crippen LogP) is 1.97. The van der Waals surface area contributed by atoms with E-state index in [1.165, 1.54) is 0 Å². The van der Waals surface area contributed by atoms with E-state index in [9.17, 15) is 4.79 Å². The number of nitrogens with one attached hydrogen (secondary N) is 1. The third kappa shape index (κ3) is 2.95. The molecule has 3 aromatic heterocycles. The summed E-state index contributed by atoms with van der Waals surface area (Å²) in [5.74, 6) is 1.53. The summed E-state index contributed by atoms with van der Waals surface area (Å²) in [6.45, 7) is 6.78. The van der Waals surface area contributed by atoms with Gasteiger partial charge in [-0.05, 0) is 32.4 Å². The Hall–Kier alpha value is -2.90. The van der Waals surface area contributed by atoms with Gasteiger partial charge in [-0.25, -0.2) is 14.5 Å². The summed E-state index contributed by atoms with van der Waals surface area (Å²) in [4.78, 5) is 22.9. The quantitative estimate of drug-likeness (QED) is 0.784. The van der Waals surface area contributed by atoms with Crippen LogP contribution in [-0.4, -0.2) is 49.5 Å². The highest BCUT2D eigenvalue weighted by atomic mass is 16.4. The lowest BCUT2D eigenvalue weighted by Crippen LogP contribution is -2.32. The second kappa shape index (κ2) is 5.87. The molecule has 25 heavy (non-hydrogen) atoms. The molecule has 0 radical (unpaired) electrons. The number of nitrogens with zero attached hydrogens (tertiary/aromatic N) is 5. The maximum atomic E-state index is 12.6. The van der Waals surface area contributed by atoms with Crippen LogP contribution < -0.4 is 5.32 Å². The number of fused-ring (bicyclic) bond motifs is 1. The first-order valence-corrected chi connectivity index (χ1v) is 8.32. The van der Waals surface area contributed by atoms with E-state index in [1.54, 1.807) is 23.3 Å². The fourth-order valence-corrected chi connectivity index (χ4v) is 3.22. The van der Waals surface area contributed by atoms with Gasteiger partial charge in [0, 0.05) is 26.1 Å². The second-order valence-electron chi connectivity index (χ2n) is 6.43. The van der Waals surface area contributed by atoms with Crippen LogP contribution in [0.5, 0.6) is 0 Å². The number of rotatable bonds is 3. The minimum Gasteiger partial charge on any atom is -0.436 e. The zero-order chi connectivity index (χ0) is 17.6. The van der Waals surface area contributed by atoms with Crippen LogP contribution in [0, 0.1) is 20.8 Å². The number of amides is 1. The average molecular weight is 340 g/mol. The number of imidazole rings is 1. The lowest BCUT2D eigenvalue weighted by atomic mass is 10.2. The first kappa shape index (κ1) is 15.6. The van der Waals surface area contributed by atoms with Crippen LogP contribution in [0.15, 0.2) is 22.7 Å². The molecule has 0 saturated carbocycles. The van der Waals surface area contributed by atoms with Crippen LogP contribution in [0.4, 0.5) is 5.82 Å². The molecule has 1 fully saturated rings. The molecule has 1 aliphatic rings. The average Bonchev–Trinajstić information content (AvgIpc) is 3.24. The molecule has 1 saturated heterocycles. The highest BCUT2D eigenvalue weighted by molar-refractivity contribution is 5.92. The van der Waals surface area contributed by atoms with Crippen LogP contribution in [0.1, 0.15) is 34.3 Å². The van der Waals surface area contributed by atoms with Crippen LogP contribution in [0.25, 0.3) is 5.65 Å². The minimum atomic E-state index is -0.101. The number of anilines is 1. The van der Waals surface area contributed by atoms with Crippen molar-refractivity contribution >= 4 is 17.4 Å². The molecule has 8 heteroatoms. The Labute approximate surface area is 144 Å². The molecular weight excluding hydrogens is 320 g/mol. The van der Waals surface area contributed by atoms with Gasteiger partial charge in [-0.2, -0.15) is 0 Å². The Bertz CT molecular complexity index is 944. The Morgan fingerprint density at radius 2 is 2.12 bits per heavy atom. The molecule has 0 aliphatic carbocycles. The van der Waals surface area contributed by atoms with Crippen molar-refractivity contribution in [2.45, 2.75) is 33.2 Å². The predicted molar refractivity (Wildman–Crippen MR) is 91.6 cm³/mol. The Morgan fingerprint density at radius 1 is 1.28 bits per heavy atom. The van der Waals surface area contributed by atoms with Gasteiger partial charge in [0.25, 0.3) is 5.91 Å². The molecule has 130 valence electrons. The van der Waals surface area contributed by atoms with E-state index in [0.29, 0.717) is 30.4 Å². The van der Waals surface area contributed by atoms with Crippen molar-refractivity contribution in [1.82, 2.24) is 24.5 Å². The van der Waals surface area contributed by atoms with Gasteiger partial charge in [-0.3, -0.25) is 4.79 Å². The first-order valence-electron chi connectivity index (χ1n) is 8.32. The van der Waals surface area contributed by atoms with E-state index >= 15 is 0 Å². The molecule has 3 aromatic rings. The number of carbonyl (C=O) groups is 1. The zero-order valence-corrected chi connectivity index (χ0v) is 14.5. The van der Waals surface area contributed by atoms with Crippen LogP contribution >= 0.6 is 0 Å². The summed E-state index contributed by atoms with van der Waals surface area (Å²) in [7, 11) is 0. The number of carbonyl (C=O) groups excluding carboxylic acids is 1. The second-order valence-corrected chi connectivity index (χ2v) is 6.43. The fourth-order valence-electron chi connectivity index (χ4n) is 3.22. The molecule has 1 amide bonds. The monoisotopic (exact) mass is 340 g/mol. The number of hydrogen-bond donors (Lipinski definition) is 1. The maximum Gasteiger partial charge on any atom is 0.291 e. The van der Waals surface area contributed by atoms with Gasteiger partial charge in [0.2, 0.25) is 5.76 Å². The van der Waals surface area contributed by atoms with E-state index < -0.39 is 0 Å². The zero-order valence-electron chi connectivity index (χ0n) is 14.5. The molecule has 1 atom stereocenters. The molecule has 4 heterocycles. The fraction of sp³-hybridized carbons (Fsp3) is 0.412. The Kier molecular flexibility index (Phi) is 3.67. The molecule has 4 rings (SSSR count). The van der Waals surface area contributed by atoms with Crippen molar-refractivity contribution in [3.05, 3.63) is 41.4 Å². The Morgan fingerprint density at radius 3 is 2.88 bits per heavy atom. The lowest BCUT2D eigenvalue weighted by Gasteiger charge is -2.16. The summed E-state index contributed by atoms with van der Waals surface area (Å²) < 4.78 is 7.21. The topological polar surface area (TPSA) is 88.6 Å². The van der Waals surface area contributed by atoms with E-state index in [1.807, 2.05) is 25.3 Å². The summed E-state index contributed by atoms with van der Waals surface area (Å²) in [5, 5.41) is 7.91. The van der Waals surface area contributed by atoms with Gasteiger partial charge >= 0.3 is 0 Å². The van der Waals surface area contributed by atoms with E-state index in [4.69, 9.17) is 4.42 Å². The summed E-state index contributed by atoms with van der Waals surface area (Å²) >= 11 is 0. The first-order chi connectivity index (χ1) is 12.0.